The first kappa shape index (κ1) is 29.3. The summed E-state index contributed by atoms with van der Waals surface area (Å²) in [5.41, 5.74) is 4.11. The Morgan fingerprint density at radius 1 is 0.953 bits per heavy atom. The van der Waals surface area contributed by atoms with Crippen molar-refractivity contribution in [3.05, 3.63) is 83.7 Å². The zero-order valence-electron chi connectivity index (χ0n) is 24.0. The number of hydrogen-bond acceptors (Lipinski definition) is 8. The predicted octanol–water partition coefficient (Wildman–Crippen LogP) is 2.42. The van der Waals surface area contributed by atoms with E-state index in [9.17, 15) is 19.8 Å². The number of carbonyl (C=O) groups is 2. The molecular formula is C33H38N4O6. The lowest BCUT2D eigenvalue weighted by atomic mass is 9.99. The Hall–Kier alpha value is -3.83. The third-order valence-electron chi connectivity index (χ3n) is 8.63. The van der Waals surface area contributed by atoms with Gasteiger partial charge in [0.15, 0.2) is 0 Å². The Labute approximate surface area is 251 Å². The molecule has 226 valence electrons. The standard InChI is InChI=1S/C33H38N4O6/c38-20-22-1-3-23(4-2-22)24-5-7-27-30(15-24)42-14-11-26-6-8-29(39)31(43-26)17-35-33(41)28-16-25(36-32(27)40)19-37(28)18-21-9-12-34-13-10-21/h1-5,7,9-10,12-13,15,25-26,28-29,31,38-39H,6,8,11,14,16-20H2,(H,35,41)(H,36,40)/t25-,26-,28-,29-,31+/m0/s1. The topological polar surface area (TPSA) is 133 Å². The Morgan fingerprint density at radius 2 is 1.74 bits per heavy atom. The average molecular weight is 587 g/mol. The molecule has 3 aromatic rings. The van der Waals surface area contributed by atoms with Crippen LogP contribution in [0.4, 0.5) is 0 Å². The minimum atomic E-state index is -0.652. The van der Waals surface area contributed by atoms with Crippen LogP contribution in [-0.4, -0.2) is 82.0 Å². The van der Waals surface area contributed by atoms with E-state index in [-0.39, 0.29) is 37.1 Å². The maximum Gasteiger partial charge on any atom is 0.255 e. The van der Waals surface area contributed by atoms with Crippen molar-refractivity contribution in [2.45, 2.75) is 69.2 Å². The molecule has 4 N–H and O–H groups in total. The van der Waals surface area contributed by atoms with Gasteiger partial charge in [0.25, 0.3) is 5.91 Å². The van der Waals surface area contributed by atoms with E-state index in [1.807, 2.05) is 48.5 Å². The lowest BCUT2D eigenvalue weighted by molar-refractivity contribution is -0.133. The molecule has 4 heterocycles. The molecule has 2 fully saturated rings. The van der Waals surface area contributed by atoms with Gasteiger partial charge < -0.3 is 30.3 Å². The molecule has 0 aliphatic carbocycles. The molecule has 3 aliphatic rings. The lowest BCUT2D eigenvalue weighted by Crippen LogP contribution is -2.50. The first-order valence-electron chi connectivity index (χ1n) is 15.0. The van der Waals surface area contributed by atoms with Crippen molar-refractivity contribution >= 4 is 11.8 Å². The van der Waals surface area contributed by atoms with Crippen LogP contribution in [-0.2, 0) is 22.7 Å². The van der Waals surface area contributed by atoms with E-state index >= 15 is 0 Å². The van der Waals surface area contributed by atoms with Crippen molar-refractivity contribution in [1.29, 1.82) is 0 Å². The molecule has 2 saturated heterocycles. The molecule has 10 nitrogen and oxygen atoms in total. The summed E-state index contributed by atoms with van der Waals surface area (Å²) in [4.78, 5) is 33.3. The molecular weight excluding hydrogens is 548 g/mol. The summed E-state index contributed by atoms with van der Waals surface area (Å²) >= 11 is 0. The van der Waals surface area contributed by atoms with Crippen LogP contribution in [0.1, 0.15) is 47.2 Å². The summed E-state index contributed by atoms with van der Waals surface area (Å²) < 4.78 is 12.5. The van der Waals surface area contributed by atoms with Gasteiger partial charge >= 0.3 is 0 Å². The smallest absolute Gasteiger partial charge is 0.255 e. The second kappa shape index (κ2) is 13.2. The summed E-state index contributed by atoms with van der Waals surface area (Å²) in [7, 11) is 0. The minimum Gasteiger partial charge on any atom is -0.493 e. The number of aromatic nitrogens is 1. The highest BCUT2D eigenvalue weighted by atomic mass is 16.5. The van der Waals surface area contributed by atoms with E-state index in [0.29, 0.717) is 56.7 Å². The van der Waals surface area contributed by atoms with Gasteiger partial charge in [-0.15, -0.1) is 0 Å². The van der Waals surface area contributed by atoms with E-state index in [2.05, 4.69) is 20.5 Å². The Kier molecular flexibility index (Phi) is 8.99. The molecule has 2 aromatic carbocycles. The summed E-state index contributed by atoms with van der Waals surface area (Å²) in [6.45, 7) is 1.56. The van der Waals surface area contributed by atoms with Gasteiger partial charge in [0.05, 0.1) is 37.0 Å². The van der Waals surface area contributed by atoms with Crippen molar-refractivity contribution in [3.8, 4) is 16.9 Å². The number of hydrogen-bond donors (Lipinski definition) is 4. The average Bonchev–Trinajstić information content (AvgIpc) is 3.42. The largest absolute Gasteiger partial charge is 0.493 e. The fraction of sp³-hybridized carbons (Fsp3) is 0.424. The van der Waals surface area contributed by atoms with E-state index < -0.39 is 18.2 Å². The fourth-order valence-electron chi connectivity index (χ4n) is 6.22. The predicted molar refractivity (Wildman–Crippen MR) is 159 cm³/mol. The zero-order chi connectivity index (χ0) is 29.8. The normalized spacial score (nSPS) is 26.6. The van der Waals surface area contributed by atoms with E-state index in [0.717, 1.165) is 22.3 Å². The molecule has 0 spiro atoms. The van der Waals surface area contributed by atoms with Crippen molar-refractivity contribution < 1.29 is 29.3 Å². The fourth-order valence-corrected chi connectivity index (χ4v) is 6.22. The highest BCUT2D eigenvalue weighted by molar-refractivity contribution is 5.98. The highest BCUT2D eigenvalue weighted by Crippen LogP contribution is 2.30. The third-order valence-corrected chi connectivity index (χ3v) is 8.63. The number of benzene rings is 2. The Balaban J connectivity index is 1.29. The van der Waals surface area contributed by atoms with E-state index in [1.54, 1.807) is 18.5 Å². The maximum atomic E-state index is 13.7. The molecule has 10 heteroatoms. The molecule has 5 atom stereocenters. The number of nitrogens with zero attached hydrogens (tertiary/aromatic N) is 2. The first-order valence-corrected chi connectivity index (χ1v) is 15.0. The van der Waals surface area contributed by atoms with E-state index in [4.69, 9.17) is 9.47 Å². The van der Waals surface area contributed by atoms with E-state index in [1.165, 1.54) is 0 Å². The number of amides is 2. The number of rotatable bonds is 4. The van der Waals surface area contributed by atoms with Crippen LogP contribution in [0.15, 0.2) is 67.0 Å². The monoisotopic (exact) mass is 586 g/mol. The summed E-state index contributed by atoms with van der Waals surface area (Å²) in [5, 5.41) is 26.2. The Morgan fingerprint density at radius 3 is 2.53 bits per heavy atom. The molecule has 4 bridgehead atoms. The van der Waals surface area contributed by atoms with Crippen LogP contribution in [0.5, 0.6) is 5.75 Å². The lowest BCUT2D eigenvalue weighted by Gasteiger charge is -2.34. The van der Waals surface area contributed by atoms with Crippen LogP contribution in [0, 0.1) is 0 Å². The van der Waals surface area contributed by atoms with Gasteiger partial charge in [-0.25, -0.2) is 0 Å². The number of carbonyl (C=O) groups excluding carboxylic acids is 2. The summed E-state index contributed by atoms with van der Waals surface area (Å²) in [6, 6.07) is 16.3. The number of pyridine rings is 1. The Bertz CT molecular complexity index is 1420. The molecule has 1 aromatic heterocycles. The second-order valence-corrected chi connectivity index (χ2v) is 11.6. The minimum absolute atomic E-state index is 0.0292. The summed E-state index contributed by atoms with van der Waals surface area (Å²) in [5.74, 6) is 0.0781. The number of aliphatic hydroxyl groups excluding tert-OH is 2. The van der Waals surface area contributed by atoms with Gasteiger partial charge in [-0.2, -0.15) is 0 Å². The molecule has 0 radical (unpaired) electrons. The van der Waals surface area contributed by atoms with Crippen LogP contribution >= 0.6 is 0 Å². The second-order valence-electron chi connectivity index (χ2n) is 11.6. The van der Waals surface area contributed by atoms with Gasteiger partial charge in [-0.05, 0) is 65.8 Å². The van der Waals surface area contributed by atoms with Gasteiger partial charge in [-0.3, -0.25) is 19.5 Å². The zero-order valence-corrected chi connectivity index (χ0v) is 24.0. The number of likely N-dealkylation sites (tertiary alicyclic amines) is 1. The quantitative estimate of drug-likeness (QED) is 0.367. The van der Waals surface area contributed by atoms with Gasteiger partial charge in [0, 0.05) is 44.5 Å². The van der Waals surface area contributed by atoms with Crippen LogP contribution in [0.2, 0.25) is 0 Å². The number of ether oxygens (including phenoxy) is 2. The molecule has 2 amide bonds. The molecule has 3 aliphatic heterocycles. The van der Waals surface area contributed by atoms with Gasteiger partial charge in [-0.1, -0.05) is 30.3 Å². The maximum absolute atomic E-state index is 13.7. The van der Waals surface area contributed by atoms with Gasteiger partial charge in [0.1, 0.15) is 11.9 Å². The first-order chi connectivity index (χ1) is 21.0. The van der Waals surface area contributed by atoms with Crippen LogP contribution in [0.25, 0.3) is 11.1 Å². The van der Waals surface area contributed by atoms with Crippen molar-refractivity contribution in [2.75, 3.05) is 19.7 Å². The number of nitrogens with one attached hydrogen (secondary N) is 2. The number of aliphatic hydroxyl groups is 2. The van der Waals surface area contributed by atoms with Gasteiger partial charge in [0.2, 0.25) is 5.91 Å². The van der Waals surface area contributed by atoms with Crippen molar-refractivity contribution in [2.24, 2.45) is 0 Å². The SMILES string of the molecule is O=C1N[C@H]2C[C@@H](C(=O)NC[C@H]3O[C@H](CCOc4cc(-c5ccc(CO)cc5)ccc41)CC[C@@H]3O)N(Cc1ccncc1)C2. The molecule has 6 rings (SSSR count). The third kappa shape index (κ3) is 6.88. The number of fused-ring (bicyclic) bond motifs is 5. The highest BCUT2D eigenvalue weighted by Gasteiger charge is 2.39. The molecule has 0 saturated carbocycles. The van der Waals surface area contributed by atoms with Crippen molar-refractivity contribution in [1.82, 2.24) is 20.5 Å². The summed E-state index contributed by atoms with van der Waals surface area (Å²) in [6.07, 6.45) is 4.47. The van der Waals surface area contributed by atoms with Crippen molar-refractivity contribution in [3.63, 3.8) is 0 Å². The van der Waals surface area contributed by atoms with Crippen LogP contribution < -0.4 is 15.4 Å². The molecule has 43 heavy (non-hydrogen) atoms. The molecule has 0 unspecified atom stereocenters. The van der Waals surface area contributed by atoms with Crippen LogP contribution in [0.3, 0.4) is 0 Å².